The van der Waals surface area contributed by atoms with Gasteiger partial charge in [0.05, 0.1) is 13.2 Å². The minimum Gasteiger partial charge on any atom is -0.490 e. The SMILES string of the molecule is CC.CCCOc1ccc(C)cc1OCC(C)C. The van der Waals surface area contributed by atoms with Crippen LogP contribution >= 0.6 is 0 Å². The van der Waals surface area contributed by atoms with Gasteiger partial charge < -0.3 is 9.47 Å². The highest BCUT2D eigenvalue weighted by atomic mass is 16.5. The van der Waals surface area contributed by atoms with Crippen LogP contribution in [0.15, 0.2) is 18.2 Å². The molecule has 0 aliphatic rings. The Labute approximate surface area is 112 Å². The molecule has 0 amide bonds. The van der Waals surface area contributed by atoms with Gasteiger partial charge in [0.15, 0.2) is 11.5 Å². The lowest BCUT2D eigenvalue weighted by Gasteiger charge is -2.14. The van der Waals surface area contributed by atoms with E-state index >= 15 is 0 Å². The molecule has 1 rings (SSSR count). The van der Waals surface area contributed by atoms with E-state index in [1.54, 1.807) is 0 Å². The van der Waals surface area contributed by atoms with Crippen molar-refractivity contribution in [2.75, 3.05) is 13.2 Å². The molecule has 0 aliphatic carbocycles. The highest BCUT2D eigenvalue weighted by Crippen LogP contribution is 2.28. The van der Waals surface area contributed by atoms with Crippen molar-refractivity contribution in [3.8, 4) is 11.5 Å². The second-order valence-corrected chi connectivity index (χ2v) is 4.50. The molecule has 0 aliphatic heterocycles. The number of rotatable bonds is 6. The Morgan fingerprint density at radius 2 is 1.72 bits per heavy atom. The van der Waals surface area contributed by atoms with Gasteiger partial charge in [-0.25, -0.2) is 0 Å². The molecule has 0 spiro atoms. The van der Waals surface area contributed by atoms with Crippen LogP contribution in [0.3, 0.4) is 0 Å². The number of benzene rings is 1. The van der Waals surface area contributed by atoms with Gasteiger partial charge in [0.2, 0.25) is 0 Å². The largest absolute Gasteiger partial charge is 0.490 e. The Bertz CT molecular complexity index is 319. The van der Waals surface area contributed by atoms with Gasteiger partial charge in [-0.1, -0.05) is 40.7 Å². The van der Waals surface area contributed by atoms with E-state index in [2.05, 4.69) is 27.7 Å². The number of ether oxygens (including phenoxy) is 2. The molecule has 18 heavy (non-hydrogen) atoms. The summed E-state index contributed by atoms with van der Waals surface area (Å²) in [6.45, 7) is 13.9. The van der Waals surface area contributed by atoms with Crippen LogP contribution in [-0.4, -0.2) is 13.2 Å². The van der Waals surface area contributed by atoms with Gasteiger partial charge in [-0.15, -0.1) is 0 Å². The van der Waals surface area contributed by atoms with Crippen LogP contribution in [0.25, 0.3) is 0 Å². The summed E-state index contributed by atoms with van der Waals surface area (Å²) in [6, 6.07) is 6.07. The summed E-state index contributed by atoms with van der Waals surface area (Å²) < 4.78 is 11.4. The average molecular weight is 252 g/mol. The minimum atomic E-state index is 0.527. The average Bonchev–Trinajstić information content (AvgIpc) is 2.37. The molecule has 0 atom stereocenters. The van der Waals surface area contributed by atoms with Gasteiger partial charge in [0.1, 0.15) is 0 Å². The fraction of sp³-hybridized carbons (Fsp3) is 0.625. The zero-order valence-electron chi connectivity index (χ0n) is 12.7. The maximum atomic E-state index is 5.75. The molecule has 2 nitrogen and oxygen atoms in total. The predicted molar refractivity (Wildman–Crippen MR) is 78.6 cm³/mol. The van der Waals surface area contributed by atoms with E-state index in [9.17, 15) is 0 Å². The molecular formula is C16H28O2. The molecule has 2 heteroatoms. The van der Waals surface area contributed by atoms with Crippen LogP contribution in [0, 0.1) is 12.8 Å². The van der Waals surface area contributed by atoms with Crippen LogP contribution in [-0.2, 0) is 0 Å². The van der Waals surface area contributed by atoms with Gasteiger partial charge >= 0.3 is 0 Å². The van der Waals surface area contributed by atoms with Crippen molar-refractivity contribution in [2.24, 2.45) is 5.92 Å². The van der Waals surface area contributed by atoms with Crippen LogP contribution in [0.4, 0.5) is 0 Å². The van der Waals surface area contributed by atoms with Crippen molar-refractivity contribution in [1.82, 2.24) is 0 Å². The van der Waals surface area contributed by atoms with E-state index in [0.717, 1.165) is 31.1 Å². The molecule has 0 unspecified atom stereocenters. The van der Waals surface area contributed by atoms with Gasteiger partial charge in [-0.05, 0) is 37.0 Å². The third kappa shape index (κ3) is 6.53. The van der Waals surface area contributed by atoms with Crippen LogP contribution in [0.5, 0.6) is 11.5 Å². The molecule has 1 aromatic carbocycles. The first-order chi connectivity index (χ1) is 8.63. The van der Waals surface area contributed by atoms with E-state index < -0.39 is 0 Å². The molecule has 0 N–H and O–H groups in total. The zero-order valence-corrected chi connectivity index (χ0v) is 12.7. The standard InChI is InChI=1S/C14H22O2.C2H6/c1-5-8-15-13-7-6-12(4)9-14(13)16-10-11(2)3;1-2/h6-7,9,11H,5,8,10H2,1-4H3;1-2H3. The topological polar surface area (TPSA) is 18.5 Å². The lowest BCUT2D eigenvalue weighted by Crippen LogP contribution is -2.06. The summed E-state index contributed by atoms with van der Waals surface area (Å²) in [5.74, 6) is 2.25. The first-order valence-corrected chi connectivity index (χ1v) is 6.99. The third-order valence-electron chi connectivity index (χ3n) is 2.13. The summed E-state index contributed by atoms with van der Waals surface area (Å²) >= 11 is 0. The van der Waals surface area contributed by atoms with Crippen molar-refractivity contribution in [1.29, 1.82) is 0 Å². The fourth-order valence-electron chi connectivity index (χ4n) is 1.32. The van der Waals surface area contributed by atoms with Crippen LogP contribution in [0.1, 0.15) is 46.6 Å². The molecule has 0 heterocycles. The molecule has 0 saturated heterocycles. The van der Waals surface area contributed by atoms with E-state index in [1.165, 1.54) is 5.56 Å². The van der Waals surface area contributed by atoms with Gasteiger partial charge in [0, 0.05) is 0 Å². The molecule has 1 aromatic rings. The zero-order chi connectivity index (χ0) is 14.0. The quantitative estimate of drug-likeness (QED) is 0.721. The van der Waals surface area contributed by atoms with Gasteiger partial charge in [-0.3, -0.25) is 0 Å². The summed E-state index contributed by atoms with van der Waals surface area (Å²) in [4.78, 5) is 0. The van der Waals surface area contributed by atoms with Crippen molar-refractivity contribution in [3.05, 3.63) is 23.8 Å². The first kappa shape index (κ1) is 16.8. The maximum Gasteiger partial charge on any atom is 0.161 e. The van der Waals surface area contributed by atoms with Crippen molar-refractivity contribution < 1.29 is 9.47 Å². The van der Waals surface area contributed by atoms with E-state index in [0.29, 0.717) is 5.92 Å². The second-order valence-electron chi connectivity index (χ2n) is 4.50. The highest BCUT2D eigenvalue weighted by molar-refractivity contribution is 5.42. The third-order valence-corrected chi connectivity index (χ3v) is 2.13. The number of hydrogen-bond donors (Lipinski definition) is 0. The lowest BCUT2D eigenvalue weighted by molar-refractivity contribution is 0.243. The highest BCUT2D eigenvalue weighted by Gasteiger charge is 2.06. The van der Waals surface area contributed by atoms with Crippen LogP contribution in [0.2, 0.25) is 0 Å². The number of hydrogen-bond acceptors (Lipinski definition) is 2. The molecule has 0 aromatic heterocycles. The Morgan fingerprint density at radius 3 is 2.28 bits per heavy atom. The molecule has 0 saturated carbocycles. The first-order valence-electron chi connectivity index (χ1n) is 6.99. The van der Waals surface area contributed by atoms with Crippen LogP contribution < -0.4 is 9.47 Å². The monoisotopic (exact) mass is 252 g/mol. The van der Waals surface area contributed by atoms with Crippen molar-refractivity contribution in [3.63, 3.8) is 0 Å². The predicted octanol–water partition coefficient (Wildman–Crippen LogP) is 4.84. The number of aryl methyl sites for hydroxylation is 1. The molecule has 104 valence electrons. The summed E-state index contributed by atoms with van der Waals surface area (Å²) in [5, 5.41) is 0. The normalized spacial score (nSPS) is 9.72. The Morgan fingerprint density at radius 1 is 1.06 bits per heavy atom. The van der Waals surface area contributed by atoms with Gasteiger partial charge in [-0.2, -0.15) is 0 Å². The Kier molecular flexibility index (Phi) is 9.17. The fourth-order valence-corrected chi connectivity index (χ4v) is 1.32. The van der Waals surface area contributed by atoms with E-state index in [-0.39, 0.29) is 0 Å². The molecular weight excluding hydrogens is 224 g/mol. The summed E-state index contributed by atoms with van der Waals surface area (Å²) in [6.07, 6.45) is 1.01. The summed E-state index contributed by atoms with van der Waals surface area (Å²) in [5.41, 5.74) is 1.20. The molecule has 0 bridgehead atoms. The second kappa shape index (κ2) is 9.81. The summed E-state index contributed by atoms with van der Waals surface area (Å²) in [7, 11) is 0. The van der Waals surface area contributed by atoms with E-state index in [1.807, 2.05) is 32.0 Å². The van der Waals surface area contributed by atoms with Gasteiger partial charge in [0.25, 0.3) is 0 Å². The molecule has 0 fully saturated rings. The smallest absolute Gasteiger partial charge is 0.161 e. The lowest BCUT2D eigenvalue weighted by atomic mass is 10.2. The Hall–Kier alpha value is -1.18. The van der Waals surface area contributed by atoms with E-state index in [4.69, 9.17) is 9.47 Å². The maximum absolute atomic E-state index is 5.75. The minimum absolute atomic E-state index is 0.527. The molecule has 0 radical (unpaired) electrons. The van der Waals surface area contributed by atoms with Crippen molar-refractivity contribution in [2.45, 2.75) is 48.0 Å². The Balaban J connectivity index is 0.00000137. The van der Waals surface area contributed by atoms with Crippen molar-refractivity contribution >= 4 is 0 Å².